The molecule has 0 aromatic carbocycles. The molecule has 0 amide bonds. The van der Waals surface area contributed by atoms with Gasteiger partial charge in [-0.3, -0.25) is 0 Å². The average molecular weight is 460 g/mol. The molecule has 31 heavy (non-hydrogen) atoms. The molecule has 0 spiro atoms. The van der Waals surface area contributed by atoms with Crippen LogP contribution >= 0.6 is 23.1 Å². The average Bonchev–Trinajstić information content (AvgIpc) is 3.04. The Morgan fingerprint density at radius 1 is 1.19 bits per heavy atom. The minimum Gasteiger partial charge on any atom is -0.370 e. The Morgan fingerprint density at radius 2 is 1.97 bits per heavy atom. The van der Waals surface area contributed by atoms with Crippen molar-refractivity contribution in [2.45, 2.75) is 57.9 Å². The summed E-state index contributed by atoms with van der Waals surface area (Å²) in [5.74, 6) is 1.47. The summed E-state index contributed by atoms with van der Waals surface area (Å²) in [5, 5.41) is 5.55. The molecule has 0 aliphatic carbocycles. The molecule has 0 radical (unpaired) electrons. The highest BCUT2D eigenvalue weighted by atomic mass is 32.2. The largest absolute Gasteiger partial charge is 0.370 e. The van der Waals surface area contributed by atoms with Crippen molar-refractivity contribution in [3.8, 4) is 0 Å². The lowest BCUT2D eigenvalue weighted by Gasteiger charge is -2.33. The van der Waals surface area contributed by atoms with Crippen LogP contribution in [0.5, 0.6) is 0 Å². The summed E-state index contributed by atoms with van der Waals surface area (Å²) >= 11 is 3.30. The van der Waals surface area contributed by atoms with Crippen LogP contribution in [-0.4, -0.2) is 58.9 Å². The summed E-state index contributed by atoms with van der Waals surface area (Å²) in [6.07, 6.45) is 3.87. The van der Waals surface area contributed by atoms with Gasteiger partial charge in [-0.2, -0.15) is 0 Å². The zero-order valence-corrected chi connectivity index (χ0v) is 21.3. The van der Waals surface area contributed by atoms with E-state index in [2.05, 4.69) is 52.0 Å². The second-order valence-electron chi connectivity index (χ2n) is 9.59. The van der Waals surface area contributed by atoms with Crippen molar-refractivity contribution >= 4 is 49.3 Å². The lowest BCUT2D eigenvalue weighted by molar-refractivity contribution is -0.0402. The third-order valence-corrected chi connectivity index (χ3v) is 7.22. The maximum atomic E-state index is 6.21. The fourth-order valence-electron chi connectivity index (χ4n) is 4.09. The van der Waals surface area contributed by atoms with Gasteiger partial charge in [0.2, 0.25) is 0 Å². The van der Waals surface area contributed by atoms with Crippen LogP contribution in [0.4, 0.5) is 5.82 Å². The van der Waals surface area contributed by atoms with Crippen molar-refractivity contribution in [3.05, 3.63) is 16.8 Å². The number of thiophene rings is 1. The zero-order chi connectivity index (χ0) is 22.3. The van der Waals surface area contributed by atoms with E-state index in [0.717, 1.165) is 52.0 Å². The first kappa shape index (κ1) is 22.7. The van der Waals surface area contributed by atoms with E-state index in [1.54, 1.807) is 23.1 Å². The number of hydrogen-bond acceptors (Lipinski definition) is 8. The van der Waals surface area contributed by atoms with Crippen molar-refractivity contribution < 1.29 is 4.74 Å². The Labute approximate surface area is 193 Å². The smallest absolute Gasteiger partial charge is 0.189 e. The molecule has 0 saturated carbocycles. The van der Waals surface area contributed by atoms with Crippen LogP contribution < -0.4 is 5.32 Å². The van der Waals surface area contributed by atoms with Crippen molar-refractivity contribution in [2.24, 2.45) is 5.92 Å². The van der Waals surface area contributed by atoms with E-state index >= 15 is 0 Å². The van der Waals surface area contributed by atoms with Gasteiger partial charge in [0.05, 0.1) is 22.4 Å². The van der Waals surface area contributed by atoms with Crippen molar-refractivity contribution in [2.75, 3.05) is 38.8 Å². The number of nitrogens with zero attached hydrogens (tertiary/aromatic N) is 4. The molecule has 168 valence electrons. The first-order valence-electron chi connectivity index (χ1n) is 10.9. The number of hydrogen-bond donors (Lipinski definition) is 1. The highest BCUT2D eigenvalue weighted by Crippen LogP contribution is 2.43. The van der Waals surface area contributed by atoms with Crippen molar-refractivity contribution in [1.29, 1.82) is 0 Å². The Kier molecular flexibility index (Phi) is 6.45. The molecule has 1 aliphatic heterocycles. The lowest BCUT2D eigenvalue weighted by Crippen LogP contribution is -2.33. The third-order valence-electron chi connectivity index (χ3n) is 5.59. The van der Waals surface area contributed by atoms with Crippen molar-refractivity contribution in [1.82, 2.24) is 19.9 Å². The molecule has 0 bridgehead atoms. The van der Waals surface area contributed by atoms with E-state index in [-0.39, 0.29) is 5.60 Å². The number of thioether (sulfide) groups is 1. The van der Waals surface area contributed by atoms with Gasteiger partial charge in [0.15, 0.2) is 5.16 Å². The molecule has 3 aromatic rings. The minimum absolute atomic E-state index is 0.188. The highest BCUT2D eigenvalue weighted by Gasteiger charge is 2.32. The number of pyridine rings is 1. The van der Waals surface area contributed by atoms with Gasteiger partial charge in [0, 0.05) is 36.2 Å². The van der Waals surface area contributed by atoms with Gasteiger partial charge >= 0.3 is 0 Å². The van der Waals surface area contributed by atoms with E-state index in [1.165, 1.54) is 22.2 Å². The molecule has 0 fully saturated rings. The van der Waals surface area contributed by atoms with E-state index < -0.39 is 0 Å². The van der Waals surface area contributed by atoms with Crippen molar-refractivity contribution in [3.63, 3.8) is 0 Å². The van der Waals surface area contributed by atoms with Gasteiger partial charge in [-0.05, 0) is 52.1 Å². The molecule has 1 N–H and O–H groups in total. The summed E-state index contributed by atoms with van der Waals surface area (Å²) in [4.78, 5) is 18.2. The Bertz CT molecular complexity index is 1110. The first-order chi connectivity index (χ1) is 14.7. The molecule has 0 atom stereocenters. The number of fused-ring (bicyclic) bond motifs is 5. The molecule has 1 aliphatic rings. The fraction of sp³-hybridized carbons (Fsp3) is 0.609. The Balaban J connectivity index is 1.95. The molecule has 4 rings (SSSR count). The second-order valence-corrected chi connectivity index (χ2v) is 11.4. The van der Waals surface area contributed by atoms with Crippen LogP contribution in [0.3, 0.4) is 0 Å². The standard InChI is InChI=1S/C23H33N5OS2/c1-13(2)10-16-15-12-29-23(3,4)11-14(15)17-18-19(31-21(17)25-16)20(24-8-9-28(5)6)27-22(26-18)30-7/h13H,8-12H2,1-7H3,(H,24,26,27). The third kappa shape index (κ3) is 4.67. The van der Waals surface area contributed by atoms with Gasteiger partial charge in [0.25, 0.3) is 0 Å². The van der Waals surface area contributed by atoms with Gasteiger partial charge < -0.3 is 15.0 Å². The number of rotatable bonds is 7. The predicted octanol–water partition coefficient (Wildman–Crippen LogP) is 4.98. The number of aromatic nitrogens is 3. The van der Waals surface area contributed by atoms with Crippen LogP contribution in [0.15, 0.2) is 5.16 Å². The minimum atomic E-state index is -0.188. The summed E-state index contributed by atoms with van der Waals surface area (Å²) in [5.41, 5.74) is 4.66. The van der Waals surface area contributed by atoms with E-state index in [9.17, 15) is 0 Å². The molecule has 0 saturated heterocycles. The molecule has 0 unspecified atom stereocenters. The molecule has 4 heterocycles. The Hall–Kier alpha value is -1.48. The van der Waals surface area contributed by atoms with Gasteiger partial charge in [-0.15, -0.1) is 11.3 Å². The second kappa shape index (κ2) is 8.81. The summed E-state index contributed by atoms with van der Waals surface area (Å²) in [6.45, 7) is 11.3. The number of anilines is 1. The van der Waals surface area contributed by atoms with Crippen LogP contribution in [0.1, 0.15) is 44.5 Å². The van der Waals surface area contributed by atoms with Crippen LogP contribution in [0, 0.1) is 5.92 Å². The molecule has 3 aromatic heterocycles. The summed E-state index contributed by atoms with van der Waals surface area (Å²) in [7, 11) is 4.17. The molecule has 6 nitrogen and oxygen atoms in total. The zero-order valence-electron chi connectivity index (χ0n) is 19.6. The van der Waals surface area contributed by atoms with Crippen LogP contribution in [-0.2, 0) is 24.2 Å². The number of nitrogens with one attached hydrogen (secondary N) is 1. The van der Waals surface area contributed by atoms with Gasteiger partial charge in [0.1, 0.15) is 10.6 Å². The first-order valence-corrected chi connectivity index (χ1v) is 12.9. The quantitative estimate of drug-likeness (QED) is 0.395. The fourth-order valence-corrected chi connectivity index (χ4v) is 5.58. The monoisotopic (exact) mass is 459 g/mol. The Morgan fingerprint density at radius 3 is 2.65 bits per heavy atom. The summed E-state index contributed by atoms with van der Waals surface area (Å²) < 4.78 is 7.31. The topological polar surface area (TPSA) is 63.2 Å². The summed E-state index contributed by atoms with van der Waals surface area (Å²) in [6, 6.07) is 0. The van der Waals surface area contributed by atoms with Crippen LogP contribution in [0.2, 0.25) is 0 Å². The highest BCUT2D eigenvalue weighted by molar-refractivity contribution is 7.98. The van der Waals surface area contributed by atoms with Gasteiger partial charge in [-0.25, -0.2) is 15.0 Å². The maximum absolute atomic E-state index is 6.21. The van der Waals surface area contributed by atoms with E-state index in [1.807, 2.05) is 6.26 Å². The number of ether oxygens (including phenoxy) is 1. The van der Waals surface area contributed by atoms with Gasteiger partial charge in [-0.1, -0.05) is 25.6 Å². The SMILES string of the molecule is CSc1nc(NCCN(C)C)c2sc3nc(CC(C)C)c4c(c3c2n1)CC(C)(C)OC4. The predicted molar refractivity (Wildman–Crippen MR) is 133 cm³/mol. The molecular formula is C23H33N5OS2. The molecular weight excluding hydrogens is 426 g/mol. The lowest BCUT2D eigenvalue weighted by atomic mass is 9.88. The molecule has 8 heteroatoms. The maximum Gasteiger partial charge on any atom is 0.189 e. The number of likely N-dealkylation sites (N-methyl/N-ethyl adjacent to an activating group) is 1. The van der Waals surface area contributed by atoms with Crippen LogP contribution in [0.25, 0.3) is 20.4 Å². The van der Waals surface area contributed by atoms with E-state index in [4.69, 9.17) is 19.7 Å². The van der Waals surface area contributed by atoms with E-state index in [0.29, 0.717) is 12.5 Å². The normalized spacial score (nSPS) is 15.9.